The van der Waals surface area contributed by atoms with Gasteiger partial charge in [-0.3, -0.25) is 4.90 Å². The number of rotatable bonds is 4. The van der Waals surface area contributed by atoms with Gasteiger partial charge < -0.3 is 4.90 Å². The lowest BCUT2D eigenvalue weighted by molar-refractivity contribution is 0.139. The second-order valence-electron chi connectivity index (χ2n) is 5.91. The first kappa shape index (κ1) is 13.6. The molecule has 3 heteroatoms. The molecule has 0 aromatic carbocycles. The molecule has 1 saturated heterocycles. The van der Waals surface area contributed by atoms with Crippen LogP contribution in [0.2, 0.25) is 0 Å². The minimum Gasteiger partial charge on any atom is -0.302 e. The summed E-state index contributed by atoms with van der Waals surface area (Å²) in [7, 11) is 0. The monoisotopic (exact) mass is 278 g/mol. The lowest BCUT2D eigenvalue weighted by Gasteiger charge is -2.37. The molecule has 0 bridgehead atoms. The fourth-order valence-electron chi connectivity index (χ4n) is 3.65. The largest absolute Gasteiger partial charge is 0.302 e. The molecule has 3 heterocycles. The van der Waals surface area contributed by atoms with Crippen molar-refractivity contribution >= 4 is 11.3 Å². The normalized spacial score (nSPS) is 25.4. The first-order valence-electron chi connectivity index (χ1n) is 7.91. The molecular formula is C16H26N2S. The number of likely N-dealkylation sites (tertiary alicyclic amines) is 1. The molecule has 0 aliphatic carbocycles. The molecule has 19 heavy (non-hydrogen) atoms. The summed E-state index contributed by atoms with van der Waals surface area (Å²) in [5.74, 6) is 0. The SMILES string of the molecule is CCC1c2ccsc2CCN1CCN1CCCCC1. The van der Waals surface area contributed by atoms with Crippen LogP contribution in [0.1, 0.15) is 49.1 Å². The maximum Gasteiger partial charge on any atom is 0.0357 e. The van der Waals surface area contributed by atoms with Gasteiger partial charge in [-0.25, -0.2) is 0 Å². The molecule has 1 unspecified atom stereocenters. The van der Waals surface area contributed by atoms with Crippen molar-refractivity contribution in [3.8, 4) is 0 Å². The minimum absolute atomic E-state index is 0.680. The van der Waals surface area contributed by atoms with E-state index in [0.717, 1.165) is 0 Å². The van der Waals surface area contributed by atoms with Crippen LogP contribution in [0.4, 0.5) is 0 Å². The molecule has 2 nitrogen and oxygen atoms in total. The third-order valence-corrected chi connectivity index (χ3v) is 5.74. The number of thiophene rings is 1. The van der Waals surface area contributed by atoms with Gasteiger partial charge in [0, 0.05) is 30.6 Å². The summed E-state index contributed by atoms with van der Waals surface area (Å²) in [5.41, 5.74) is 1.62. The van der Waals surface area contributed by atoms with E-state index in [0.29, 0.717) is 6.04 Å². The molecule has 0 spiro atoms. The molecular weight excluding hydrogens is 252 g/mol. The Hall–Kier alpha value is -0.380. The average molecular weight is 278 g/mol. The molecule has 0 saturated carbocycles. The highest BCUT2D eigenvalue weighted by Crippen LogP contribution is 2.34. The highest BCUT2D eigenvalue weighted by atomic mass is 32.1. The summed E-state index contributed by atoms with van der Waals surface area (Å²) in [6, 6.07) is 3.04. The van der Waals surface area contributed by atoms with Crippen molar-refractivity contribution in [1.29, 1.82) is 0 Å². The quantitative estimate of drug-likeness (QED) is 0.831. The Balaban J connectivity index is 1.58. The van der Waals surface area contributed by atoms with E-state index in [1.54, 1.807) is 10.4 Å². The first-order valence-corrected chi connectivity index (χ1v) is 8.79. The molecule has 1 aromatic rings. The van der Waals surface area contributed by atoms with E-state index >= 15 is 0 Å². The van der Waals surface area contributed by atoms with Crippen LogP contribution >= 0.6 is 11.3 Å². The van der Waals surface area contributed by atoms with E-state index in [-0.39, 0.29) is 0 Å². The molecule has 2 aliphatic heterocycles. The van der Waals surface area contributed by atoms with Gasteiger partial charge in [-0.15, -0.1) is 11.3 Å². The number of hydrogen-bond acceptors (Lipinski definition) is 3. The fraction of sp³-hybridized carbons (Fsp3) is 0.750. The van der Waals surface area contributed by atoms with E-state index in [2.05, 4.69) is 28.2 Å². The van der Waals surface area contributed by atoms with Crippen LogP contribution < -0.4 is 0 Å². The number of fused-ring (bicyclic) bond motifs is 1. The topological polar surface area (TPSA) is 6.48 Å². The zero-order valence-corrected chi connectivity index (χ0v) is 12.9. The maximum absolute atomic E-state index is 2.73. The van der Waals surface area contributed by atoms with E-state index in [9.17, 15) is 0 Å². The Morgan fingerprint density at radius 1 is 1.16 bits per heavy atom. The predicted molar refractivity (Wildman–Crippen MR) is 82.9 cm³/mol. The van der Waals surface area contributed by atoms with Gasteiger partial charge in [0.25, 0.3) is 0 Å². The van der Waals surface area contributed by atoms with Crippen molar-refractivity contribution in [2.45, 2.75) is 45.1 Å². The summed E-state index contributed by atoms with van der Waals surface area (Å²) in [5, 5.41) is 2.28. The molecule has 3 rings (SSSR count). The van der Waals surface area contributed by atoms with Crippen molar-refractivity contribution in [3.63, 3.8) is 0 Å². The zero-order chi connectivity index (χ0) is 13.1. The third kappa shape index (κ3) is 3.04. The van der Waals surface area contributed by atoms with E-state index < -0.39 is 0 Å². The van der Waals surface area contributed by atoms with Gasteiger partial charge in [0.1, 0.15) is 0 Å². The molecule has 1 atom stereocenters. The fourth-order valence-corrected chi connectivity index (χ4v) is 4.58. The second kappa shape index (κ2) is 6.38. The smallest absolute Gasteiger partial charge is 0.0357 e. The first-order chi connectivity index (χ1) is 9.38. The highest BCUT2D eigenvalue weighted by molar-refractivity contribution is 7.10. The Kier molecular flexibility index (Phi) is 4.57. The Morgan fingerprint density at radius 3 is 2.79 bits per heavy atom. The van der Waals surface area contributed by atoms with Crippen LogP contribution in [0.15, 0.2) is 11.4 Å². The standard InChI is InChI=1S/C16H26N2S/c1-2-15-14-7-13-19-16(14)6-10-18(15)12-11-17-8-4-3-5-9-17/h7,13,15H,2-6,8-12H2,1H3. The van der Waals surface area contributed by atoms with Crippen molar-refractivity contribution in [1.82, 2.24) is 9.80 Å². The summed E-state index contributed by atoms with van der Waals surface area (Å²) in [6.07, 6.45) is 6.78. The summed E-state index contributed by atoms with van der Waals surface area (Å²) < 4.78 is 0. The number of hydrogen-bond donors (Lipinski definition) is 0. The summed E-state index contributed by atoms with van der Waals surface area (Å²) >= 11 is 1.96. The van der Waals surface area contributed by atoms with Gasteiger partial charge in [0.05, 0.1) is 0 Å². The minimum atomic E-state index is 0.680. The van der Waals surface area contributed by atoms with E-state index in [1.807, 2.05) is 11.3 Å². The van der Waals surface area contributed by atoms with Crippen LogP contribution in [-0.2, 0) is 6.42 Å². The van der Waals surface area contributed by atoms with Crippen molar-refractivity contribution in [2.24, 2.45) is 0 Å². The molecule has 1 fully saturated rings. The van der Waals surface area contributed by atoms with Crippen molar-refractivity contribution < 1.29 is 0 Å². The second-order valence-corrected chi connectivity index (χ2v) is 6.91. The summed E-state index contributed by atoms with van der Waals surface area (Å²) in [4.78, 5) is 7.03. The Labute approximate surface area is 121 Å². The zero-order valence-electron chi connectivity index (χ0n) is 12.1. The lowest BCUT2D eigenvalue weighted by atomic mass is 9.98. The maximum atomic E-state index is 2.73. The van der Waals surface area contributed by atoms with Crippen LogP contribution in [0.3, 0.4) is 0 Å². The van der Waals surface area contributed by atoms with Crippen LogP contribution in [-0.4, -0.2) is 42.5 Å². The van der Waals surface area contributed by atoms with Crippen molar-refractivity contribution in [3.05, 3.63) is 21.9 Å². The van der Waals surface area contributed by atoms with Gasteiger partial charge in [0.15, 0.2) is 0 Å². The van der Waals surface area contributed by atoms with Gasteiger partial charge >= 0.3 is 0 Å². The van der Waals surface area contributed by atoms with E-state index in [1.165, 1.54) is 64.8 Å². The molecule has 0 amide bonds. The molecule has 0 radical (unpaired) electrons. The molecule has 0 N–H and O–H groups in total. The number of nitrogens with zero attached hydrogens (tertiary/aromatic N) is 2. The number of piperidine rings is 1. The van der Waals surface area contributed by atoms with Crippen LogP contribution in [0.25, 0.3) is 0 Å². The van der Waals surface area contributed by atoms with E-state index in [4.69, 9.17) is 0 Å². The van der Waals surface area contributed by atoms with Gasteiger partial charge in [-0.1, -0.05) is 13.3 Å². The van der Waals surface area contributed by atoms with Gasteiger partial charge in [-0.2, -0.15) is 0 Å². The molecule has 106 valence electrons. The summed E-state index contributed by atoms with van der Waals surface area (Å²) in [6.45, 7) is 8.79. The third-order valence-electron chi connectivity index (χ3n) is 4.74. The Bertz CT molecular complexity index is 395. The average Bonchev–Trinajstić information content (AvgIpc) is 2.94. The molecule has 1 aromatic heterocycles. The van der Waals surface area contributed by atoms with Crippen molar-refractivity contribution in [2.75, 3.05) is 32.7 Å². The predicted octanol–water partition coefficient (Wildman–Crippen LogP) is 3.54. The van der Waals surface area contributed by atoms with Crippen LogP contribution in [0, 0.1) is 0 Å². The Morgan fingerprint density at radius 2 is 2.00 bits per heavy atom. The lowest BCUT2D eigenvalue weighted by Crippen LogP contribution is -2.41. The highest BCUT2D eigenvalue weighted by Gasteiger charge is 2.26. The van der Waals surface area contributed by atoms with Gasteiger partial charge in [0.2, 0.25) is 0 Å². The van der Waals surface area contributed by atoms with Gasteiger partial charge in [-0.05, 0) is 55.8 Å². The molecule has 2 aliphatic rings. The van der Waals surface area contributed by atoms with Crippen LogP contribution in [0.5, 0.6) is 0 Å².